The Labute approximate surface area is 202 Å². The van der Waals surface area contributed by atoms with E-state index in [9.17, 15) is 19.5 Å². The first-order valence-corrected chi connectivity index (χ1v) is 11.1. The number of aliphatic hydroxyl groups excluding tert-OH is 1. The number of hydrogen-bond acceptors (Lipinski definition) is 8. The summed E-state index contributed by atoms with van der Waals surface area (Å²) in [4.78, 5) is 38.5. The van der Waals surface area contributed by atoms with Crippen molar-refractivity contribution in [2.45, 2.75) is 37.6 Å². The van der Waals surface area contributed by atoms with Crippen molar-refractivity contribution in [3.05, 3.63) is 108 Å². The Morgan fingerprint density at radius 2 is 0.943 bits per heavy atom. The van der Waals surface area contributed by atoms with Crippen LogP contribution in [0.1, 0.15) is 38.0 Å². The third-order valence-electron chi connectivity index (χ3n) is 5.50. The quantitative estimate of drug-likeness (QED) is 0.426. The maximum atomic E-state index is 12.9. The predicted octanol–water partition coefficient (Wildman–Crippen LogP) is 3.40. The van der Waals surface area contributed by atoms with Crippen LogP contribution >= 0.6 is 0 Å². The molecule has 0 unspecified atom stereocenters. The summed E-state index contributed by atoms with van der Waals surface area (Å²) in [7, 11) is 0. The zero-order valence-electron chi connectivity index (χ0n) is 18.9. The minimum Gasteiger partial charge on any atom is -0.452 e. The van der Waals surface area contributed by atoms with Crippen molar-refractivity contribution in [3.63, 3.8) is 0 Å². The van der Waals surface area contributed by atoms with Crippen molar-refractivity contribution in [1.82, 2.24) is 0 Å². The molecule has 0 spiro atoms. The largest absolute Gasteiger partial charge is 0.452 e. The number of benzene rings is 3. The first-order chi connectivity index (χ1) is 16.9. The molecule has 0 radical (unpaired) electrons. The zero-order chi connectivity index (χ0) is 24.8. The molecule has 5 atom stereocenters. The highest BCUT2D eigenvalue weighted by Gasteiger charge is 2.50. The summed E-state index contributed by atoms with van der Waals surface area (Å²) in [6, 6.07) is 24.6. The Balaban J connectivity index is 1.63. The molecule has 1 fully saturated rings. The number of carbonyl (C=O) groups excluding carboxylic acids is 3. The van der Waals surface area contributed by atoms with Crippen LogP contribution in [0.2, 0.25) is 0 Å². The van der Waals surface area contributed by atoms with E-state index in [2.05, 4.69) is 0 Å². The van der Waals surface area contributed by atoms with Crippen LogP contribution in [-0.4, -0.2) is 53.7 Å². The molecule has 8 nitrogen and oxygen atoms in total. The van der Waals surface area contributed by atoms with Crippen LogP contribution in [-0.2, 0) is 18.9 Å². The second-order valence-electron chi connectivity index (χ2n) is 7.94. The number of ether oxygens (including phenoxy) is 4. The van der Waals surface area contributed by atoms with Crippen LogP contribution < -0.4 is 0 Å². The minimum atomic E-state index is -1.63. The predicted molar refractivity (Wildman–Crippen MR) is 123 cm³/mol. The molecule has 1 aliphatic rings. The molecule has 1 heterocycles. The highest BCUT2D eigenvalue weighted by molar-refractivity contribution is 5.91. The average Bonchev–Trinajstić information content (AvgIpc) is 2.89. The second-order valence-corrected chi connectivity index (χ2v) is 7.94. The van der Waals surface area contributed by atoms with Gasteiger partial charge in [0.05, 0.1) is 22.8 Å². The first kappa shape index (κ1) is 24.1. The lowest BCUT2D eigenvalue weighted by Crippen LogP contribution is -2.60. The first-order valence-electron chi connectivity index (χ1n) is 11.1. The molecule has 1 saturated heterocycles. The molecule has 0 aromatic heterocycles. The van der Waals surface area contributed by atoms with Gasteiger partial charge < -0.3 is 24.1 Å². The summed E-state index contributed by atoms with van der Waals surface area (Å²) < 4.78 is 22.4. The highest BCUT2D eigenvalue weighted by Crippen LogP contribution is 2.29. The van der Waals surface area contributed by atoms with Gasteiger partial charge in [-0.25, -0.2) is 14.4 Å². The van der Waals surface area contributed by atoms with Crippen molar-refractivity contribution in [2.75, 3.05) is 0 Å². The van der Waals surface area contributed by atoms with Gasteiger partial charge in [-0.15, -0.1) is 0 Å². The van der Waals surface area contributed by atoms with Gasteiger partial charge in [0.15, 0.2) is 24.6 Å². The molecule has 0 saturated carbocycles. The summed E-state index contributed by atoms with van der Waals surface area (Å²) >= 11 is 0. The number of aliphatic hydroxyl groups is 1. The lowest BCUT2D eigenvalue weighted by Gasteiger charge is -2.42. The van der Waals surface area contributed by atoms with Gasteiger partial charge in [0, 0.05) is 0 Å². The van der Waals surface area contributed by atoms with Gasteiger partial charge in [0.2, 0.25) is 0 Å². The fourth-order valence-electron chi connectivity index (χ4n) is 3.71. The normalized spacial score (nSPS) is 23.7. The van der Waals surface area contributed by atoms with E-state index >= 15 is 0 Å². The van der Waals surface area contributed by atoms with Crippen molar-refractivity contribution < 1.29 is 38.4 Å². The molecule has 35 heavy (non-hydrogen) atoms. The average molecular weight is 476 g/mol. The third kappa shape index (κ3) is 5.74. The monoisotopic (exact) mass is 476 g/mol. The molecule has 4 rings (SSSR count). The molecule has 0 aliphatic carbocycles. The molecule has 0 bridgehead atoms. The van der Waals surface area contributed by atoms with Crippen molar-refractivity contribution in [1.29, 1.82) is 0 Å². The molecular weight excluding hydrogens is 452 g/mol. The van der Waals surface area contributed by atoms with Crippen LogP contribution in [0.25, 0.3) is 0 Å². The van der Waals surface area contributed by atoms with Gasteiger partial charge in [-0.3, -0.25) is 0 Å². The molecule has 1 aliphatic heterocycles. The molecule has 1 N–H and O–H groups in total. The second kappa shape index (κ2) is 10.9. The molecule has 180 valence electrons. The number of hydrogen-bond donors (Lipinski definition) is 1. The standard InChI is InChI=1S/C27H24O8/c1-17-21(33-24(28)18-11-5-2-6-12-18)22(34-25(29)19-13-7-3-8-14-19)23(27(31)32-17)35-26(30)20-15-9-4-10-16-20/h2-17,21-23,27,31H,1H3/t17-,21-,22-,23-,27+/m0/s1. The van der Waals surface area contributed by atoms with Gasteiger partial charge >= 0.3 is 17.9 Å². The summed E-state index contributed by atoms with van der Waals surface area (Å²) in [5, 5.41) is 10.6. The Morgan fingerprint density at radius 3 is 1.34 bits per heavy atom. The van der Waals surface area contributed by atoms with Crippen molar-refractivity contribution >= 4 is 17.9 Å². The van der Waals surface area contributed by atoms with Gasteiger partial charge in [-0.1, -0.05) is 54.6 Å². The van der Waals surface area contributed by atoms with Crippen LogP contribution in [0.4, 0.5) is 0 Å². The molecule has 3 aromatic rings. The van der Waals surface area contributed by atoms with Crippen LogP contribution in [0.3, 0.4) is 0 Å². The van der Waals surface area contributed by atoms with Crippen molar-refractivity contribution in [2.24, 2.45) is 0 Å². The van der Waals surface area contributed by atoms with E-state index in [0.717, 1.165) is 0 Å². The smallest absolute Gasteiger partial charge is 0.338 e. The number of carbonyl (C=O) groups is 3. The maximum absolute atomic E-state index is 12.9. The lowest BCUT2D eigenvalue weighted by atomic mass is 9.98. The van der Waals surface area contributed by atoms with Gasteiger partial charge in [-0.2, -0.15) is 0 Å². The van der Waals surface area contributed by atoms with Crippen LogP contribution in [0, 0.1) is 0 Å². The minimum absolute atomic E-state index is 0.226. The van der Waals surface area contributed by atoms with E-state index in [1.165, 1.54) is 0 Å². The molecule has 3 aromatic carbocycles. The Morgan fingerprint density at radius 1 is 0.600 bits per heavy atom. The maximum Gasteiger partial charge on any atom is 0.338 e. The van der Waals surface area contributed by atoms with E-state index in [0.29, 0.717) is 0 Å². The summed E-state index contributed by atoms with van der Waals surface area (Å²) in [6.45, 7) is 1.56. The van der Waals surface area contributed by atoms with Crippen LogP contribution in [0.15, 0.2) is 91.0 Å². The Kier molecular flexibility index (Phi) is 7.54. The molecule has 8 heteroatoms. The third-order valence-corrected chi connectivity index (χ3v) is 5.50. The fraction of sp³-hybridized carbons (Fsp3) is 0.222. The van der Waals surface area contributed by atoms with Gasteiger partial charge in [-0.05, 0) is 43.3 Å². The summed E-state index contributed by atoms with van der Waals surface area (Å²) in [5.41, 5.74) is 0.739. The Hall–Kier alpha value is -4.01. The van der Waals surface area contributed by atoms with E-state index in [4.69, 9.17) is 18.9 Å². The highest BCUT2D eigenvalue weighted by atomic mass is 16.7. The van der Waals surface area contributed by atoms with E-state index < -0.39 is 48.6 Å². The van der Waals surface area contributed by atoms with Crippen molar-refractivity contribution in [3.8, 4) is 0 Å². The van der Waals surface area contributed by atoms with Gasteiger partial charge in [0.1, 0.15) is 0 Å². The topological polar surface area (TPSA) is 108 Å². The van der Waals surface area contributed by atoms with E-state index in [1.807, 2.05) is 0 Å². The summed E-state index contributed by atoms with van der Waals surface area (Å²) in [6.07, 6.45) is -6.48. The van der Waals surface area contributed by atoms with Gasteiger partial charge in [0.25, 0.3) is 0 Å². The fourth-order valence-corrected chi connectivity index (χ4v) is 3.71. The number of rotatable bonds is 6. The lowest BCUT2D eigenvalue weighted by molar-refractivity contribution is -0.275. The molecular formula is C27H24O8. The summed E-state index contributed by atoms with van der Waals surface area (Å²) in [5.74, 6) is -2.18. The zero-order valence-corrected chi connectivity index (χ0v) is 18.9. The van der Waals surface area contributed by atoms with E-state index in [-0.39, 0.29) is 16.7 Å². The van der Waals surface area contributed by atoms with E-state index in [1.54, 1.807) is 97.9 Å². The number of esters is 3. The molecule has 0 amide bonds. The van der Waals surface area contributed by atoms with Crippen LogP contribution in [0.5, 0.6) is 0 Å². The SMILES string of the molecule is C[C@@H]1O[C@@H](O)[C@@H](OC(=O)c2ccccc2)[C@@H](OC(=O)c2ccccc2)[C@H]1OC(=O)c1ccccc1. The Bertz CT molecular complexity index is 1080.